The van der Waals surface area contributed by atoms with Crippen molar-refractivity contribution in [2.45, 2.75) is 26.3 Å². The summed E-state index contributed by atoms with van der Waals surface area (Å²) >= 11 is 0. The van der Waals surface area contributed by atoms with Gasteiger partial charge in [-0.2, -0.15) is 13.2 Å². The smallest absolute Gasteiger partial charge is 0.411 e. The van der Waals surface area contributed by atoms with Gasteiger partial charge in [-0.3, -0.25) is 9.59 Å². The van der Waals surface area contributed by atoms with Crippen LogP contribution in [0.25, 0.3) is 0 Å². The molecular weight excluding hydrogens is 375 g/mol. The van der Waals surface area contributed by atoms with E-state index in [0.29, 0.717) is 16.9 Å². The van der Waals surface area contributed by atoms with Gasteiger partial charge < -0.3 is 14.8 Å². The van der Waals surface area contributed by atoms with Crippen LogP contribution in [0.2, 0.25) is 0 Å². The van der Waals surface area contributed by atoms with Gasteiger partial charge in [0, 0.05) is 12.1 Å². The number of alkyl halides is 3. The summed E-state index contributed by atoms with van der Waals surface area (Å²) in [5, 5.41) is 2.68. The number of rotatable bonds is 9. The second kappa shape index (κ2) is 9.89. The van der Waals surface area contributed by atoms with E-state index in [1.807, 2.05) is 0 Å². The zero-order valence-corrected chi connectivity index (χ0v) is 15.2. The van der Waals surface area contributed by atoms with E-state index in [-0.39, 0.29) is 31.4 Å². The van der Waals surface area contributed by atoms with Crippen LogP contribution in [-0.2, 0) is 22.7 Å². The number of carbonyl (C=O) groups is 2. The molecule has 2 aromatic carbocycles. The van der Waals surface area contributed by atoms with E-state index in [1.54, 1.807) is 48.5 Å². The van der Waals surface area contributed by atoms with Crippen molar-refractivity contribution in [1.29, 1.82) is 0 Å². The fourth-order valence-corrected chi connectivity index (χ4v) is 2.24. The minimum absolute atomic E-state index is 0.0952. The molecule has 1 amide bonds. The Balaban J connectivity index is 1.73. The highest BCUT2D eigenvalue weighted by Gasteiger charge is 2.27. The van der Waals surface area contributed by atoms with Gasteiger partial charge in [-0.25, -0.2) is 0 Å². The van der Waals surface area contributed by atoms with Crippen LogP contribution in [0.3, 0.4) is 0 Å². The Hall–Kier alpha value is -2.87. The van der Waals surface area contributed by atoms with Gasteiger partial charge in [0.25, 0.3) is 5.91 Å². The first kappa shape index (κ1) is 21.4. The lowest BCUT2D eigenvalue weighted by Crippen LogP contribution is -2.28. The summed E-state index contributed by atoms with van der Waals surface area (Å²) in [5.74, 6) is -0.0148. The molecule has 0 heterocycles. The van der Waals surface area contributed by atoms with Crippen molar-refractivity contribution in [2.24, 2.45) is 0 Å². The molecule has 1 N–H and O–H groups in total. The first-order valence-electron chi connectivity index (χ1n) is 8.46. The van der Waals surface area contributed by atoms with Crippen LogP contribution >= 0.6 is 0 Å². The van der Waals surface area contributed by atoms with Gasteiger partial charge in [0.15, 0.2) is 12.4 Å². The number of amides is 1. The zero-order valence-electron chi connectivity index (χ0n) is 15.2. The molecule has 0 saturated heterocycles. The molecule has 0 spiro atoms. The Kier molecular flexibility index (Phi) is 7.57. The fourth-order valence-electron chi connectivity index (χ4n) is 2.24. The summed E-state index contributed by atoms with van der Waals surface area (Å²) in [6, 6.07) is 13.2. The third-order valence-corrected chi connectivity index (χ3v) is 3.66. The summed E-state index contributed by atoms with van der Waals surface area (Å²) in [4.78, 5) is 23.2. The molecule has 2 aromatic rings. The number of halogens is 3. The van der Waals surface area contributed by atoms with Gasteiger partial charge >= 0.3 is 6.18 Å². The van der Waals surface area contributed by atoms with E-state index < -0.39 is 12.8 Å². The highest BCUT2D eigenvalue weighted by Crippen LogP contribution is 2.16. The molecule has 0 fully saturated rings. The van der Waals surface area contributed by atoms with Crippen molar-refractivity contribution in [1.82, 2.24) is 5.32 Å². The number of nitrogens with one attached hydrogen (secondary N) is 1. The van der Waals surface area contributed by atoms with Crippen LogP contribution in [-0.4, -0.2) is 31.1 Å². The lowest BCUT2D eigenvalue weighted by atomic mass is 10.1. The minimum atomic E-state index is -4.35. The summed E-state index contributed by atoms with van der Waals surface area (Å²) in [7, 11) is 0. The van der Waals surface area contributed by atoms with E-state index in [2.05, 4.69) is 10.1 Å². The molecule has 0 atom stereocenters. The lowest BCUT2D eigenvalue weighted by Gasteiger charge is -2.10. The number of carbonyl (C=O) groups excluding carboxylic acids is 2. The third-order valence-electron chi connectivity index (χ3n) is 3.66. The Labute approximate surface area is 160 Å². The number of hydrogen-bond donors (Lipinski definition) is 1. The summed E-state index contributed by atoms with van der Waals surface area (Å²) in [6.45, 7) is 0.0586. The van der Waals surface area contributed by atoms with Gasteiger partial charge in [0.1, 0.15) is 12.4 Å². The SMILES string of the molecule is CC(=O)c1cccc(OCC(=O)NCc2ccc(COCC(F)(F)F)cc2)c1. The normalized spacial score (nSPS) is 11.1. The average molecular weight is 395 g/mol. The van der Waals surface area contributed by atoms with E-state index >= 15 is 0 Å². The largest absolute Gasteiger partial charge is 0.484 e. The standard InChI is InChI=1S/C20H20F3NO4/c1-14(25)17-3-2-4-18(9-17)28-12-19(26)24-10-15-5-7-16(8-6-15)11-27-13-20(21,22)23/h2-9H,10-13H2,1H3,(H,24,26). The number of ketones is 1. The Bertz CT molecular complexity index is 804. The first-order valence-corrected chi connectivity index (χ1v) is 8.46. The van der Waals surface area contributed by atoms with Crippen LogP contribution < -0.4 is 10.1 Å². The number of Topliss-reactive ketones (excluding diaryl/α,β-unsaturated/α-hetero) is 1. The van der Waals surface area contributed by atoms with Gasteiger partial charge in [-0.05, 0) is 30.2 Å². The molecule has 28 heavy (non-hydrogen) atoms. The predicted octanol–water partition coefficient (Wildman–Crippen LogP) is 3.66. The van der Waals surface area contributed by atoms with Crippen LogP contribution in [0.15, 0.2) is 48.5 Å². The van der Waals surface area contributed by atoms with E-state index in [9.17, 15) is 22.8 Å². The second-order valence-corrected chi connectivity index (χ2v) is 6.07. The molecule has 0 aliphatic carbocycles. The molecule has 0 unspecified atom stereocenters. The van der Waals surface area contributed by atoms with Crippen molar-refractivity contribution < 1.29 is 32.2 Å². The Morgan fingerprint density at radius 3 is 2.36 bits per heavy atom. The maximum atomic E-state index is 12.0. The molecule has 0 saturated carbocycles. The molecule has 5 nitrogen and oxygen atoms in total. The molecule has 0 aliphatic heterocycles. The molecule has 2 rings (SSSR count). The fraction of sp³-hybridized carbons (Fsp3) is 0.300. The third kappa shape index (κ3) is 7.79. The summed E-state index contributed by atoms with van der Waals surface area (Å²) in [6.07, 6.45) is -4.35. The average Bonchev–Trinajstić information content (AvgIpc) is 2.65. The van der Waals surface area contributed by atoms with Crippen LogP contribution in [0.4, 0.5) is 13.2 Å². The number of benzene rings is 2. The van der Waals surface area contributed by atoms with E-state index in [0.717, 1.165) is 5.56 Å². The molecule has 0 bridgehead atoms. The quantitative estimate of drug-likeness (QED) is 0.658. The van der Waals surface area contributed by atoms with Gasteiger partial charge in [-0.1, -0.05) is 36.4 Å². The highest BCUT2D eigenvalue weighted by atomic mass is 19.4. The molecular formula is C20H20F3NO4. The monoisotopic (exact) mass is 395 g/mol. The van der Waals surface area contributed by atoms with Crippen molar-refractivity contribution >= 4 is 11.7 Å². The van der Waals surface area contributed by atoms with E-state index in [4.69, 9.17) is 4.74 Å². The van der Waals surface area contributed by atoms with Gasteiger partial charge in [-0.15, -0.1) is 0 Å². The maximum absolute atomic E-state index is 12.0. The second-order valence-electron chi connectivity index (χ2n) is 6.07. The first-order chi connectivity index (χ1) is 13.2. The topological polar surface area (TPSA) is 64.6 Å². The van der Waals surface area contributed by atoms with E-state index in [1.165, 1.54) is 6.92 Å². The zero-order chi connectivity index (χ0) is 20.6. The number of hydrogen-bond acceptors (Lipinski definition) is 4. The predicted molar refractivity (Wildman–Crippen MR) is 95.9 cm³/mol. The highest BCUT2D eigenvalue weighted by molar-refractivity contribution is 5.94. The minimum Gasteiger partial charge on any atom is -0.484 e. The van der Waals surface area contributed by atoms with Crippen molar-refractivity contribution in [3.63, 3.8) is 0 Å². The van der Waals surface area contributed by atoms with Crippen molar-refractivity contribution in [3.05, 3.63) is 65.2 Å². The summed E-state index contributed by atoms with van der Waals surface area (Å²) < 4.78 is 46.1. The summed E-state index contributed by atoms with van der Waals surface area (Å²) in [5.41, 5.74) is 1.89. The molecule has 0 radical (unpaired) electrons. The van der Waals surface area contributed by atoms with Crippen molar-refractivity contribution in [3.8, 4) is 5.75 Å². The molecule has 0 aromatic heterocycles. The number of ether oxygens (including phenoxy) is 2. The molecule has 150 valence electrons. The maximum Gasteiger partial charge on any atom is 0.411 e. The van der Waals surface area contributed by atoms with Crippen molar-refractivity contribution in [2.75, 3.05) is 13.2 Å². The Morgan fingerprint density at radius 1 is 1.04 bits per heavy atom. The van der Waals surface area contributed by atoms with Crippen LogP contribution in [0.1, 0.15) is 28.4 Å². The van der Waals surface area contributed by atoms with Gasteiger partial charge in [0.05, 0.1) is 6.61 Å². The molecule has 8 heteroatoms. The van der Waals surface area contributed by atoms with Crippen LogP contribution in [0.5, 0.6) is 5.75 Å². The lowest BCUT2D eigenvalue weighted by molar-refractivity contribution is -0.176. The Morgan fingerprint density at radius 2 is 1.71 bits per heavy atom. The molecule has 0 aliphatic rings. The van der Waals surface area contributed by atoms with Gasteiger partial charge in [0.2, 0.25) is 0 Å². The van der Waals surface area contributed by atoms with Crippen LogP contribution in [0, 0.1) is 0 Å².